The first kappa shape index (κ1) is 15.2. The van der Waals surface area contributed by atoms with Gasteiger partial charge in [0.1, 0.15) is 23.2 Å². The van der Waals surface area contributed by atoms with Crippen LogP contribution >= 0.6 is 0 Å². The van der Waals surface area contributed by atoms with Crippen molar-refractivity contribution in [2.45, 2.75) is 6.92 Å². The number of aryl methyl sites for hydroxylation is 1. The van der Waals surface area contributed by atoms with Crippen molar-refractivity contribution in [2.24, 2.45) is 0 Å². The highest BCUT2D eigenvalue weighted by molar-refractivity contribution is 5.83. The van der Waals surface area contributed by atoms with Crippen molar-refractivity contribution in [3.63, 3.8) is 0 Å². The third-order valence-electron chi connectivity index (χ3n) is 4.08. The van der Waals surface area contributed by atoms with Gasteiger partial charge in [0.25, 0.3) is 0 Å². The molecule has 0 aliphatic heterocycles. The van der Waals surface area contributed by atoms with Crippen LogP contribution in [0.25, 0.3) is 29.0 Å². The Hall–Kier alpha value is -3.34. The van der Waals surface area contributed by atoms with Crippen LogP contribution in [0.4, 0.5) is 0 Å². The van der Waals surface area contributed by atoms with E-state index in [4.69, 9.17) is 14.1 Å². The zero-order valence-electron chi connectivity index (χ0n) is 14.0. The summed E-state index contributed by atoms with van der Waals surface area (Å²) in [6, 6.07) is 13.6. The summed E-state index contributed by atoms with van der Waals surface area (Å²) in [5, 5.41) is 0. The lowest BCUT2D eigenvalue weighted by molar-refractivity contribution is 0.415. The highest BCUT2D eigenvalue weighted by Crippen LogP contribution is 2.25. The molecular formula is C20H17N3O2. The fourth-order valence-electron chi connectivity index (χ4n) is 2.78. The molecule has 0 fully saturated rings. The van der Waals surface area contributed by atoms with Crippen molar-refractivity contribution in [3.05, 3.63) is 72.1 Å². The minimum Gasteiger partial charge on any atom is -0.497 e. The second kappa shape index (κ2) is 6.28. The first-order chi connectivity index (χ1) is 12.3. The van der Waals surface area contributed by atoms with Gasteiger partial charge < -0.3 is 9.15 Å². The molecule has 5 nitrogen and oxygen atoms in total. The van der Waals surface area contributed by atoms with Gasteiger partial charge in [-0.1, -0.05) is 6.07 Å². The average Bonchev–Trinajstić information content (AvgIpc) is 3.22. The Balaban J connectivity index is 1.90. The van der Waals surface area contributed by atoms with Gasteiger partial charge in [-0.2, -0.15) is 0 Å². The molecule has 5 heteroatoms. The van der Waals surface area contributed by atoms with Crippen LogP contribution in [0.3, 0.4) is 0 Å². The second-order valence-corrected chi connectivity index (χ2v) is 5.61. The molecule has 1 aromatic carbocycles. The lowest BCUT2D eigenvalue weighted by atomic mass is 10.2. The molecule has 4 aromatic rings. The minimum atomic E-state index is 0.777. The Morgan fingerprint density at radius 3 is 2.76 bits per heavy atom. The number of hydrogen-bond donors (Lipinski definition) is 0. The molecule has 0 bridgehead atoms. The van der Waals surface area contributed by atoms with E-state index in [1.807, 2.05) is 66.1 Å². The number of ether oxygens (including phenoxy) is 1. The first-order valence-corrected chi connectivity index (χ1v) is 7.96. The molecule has 25 heavy (non-hydrogen) atoms. The Morgan fingerprint density at radius 2 is 2.04 bits per heavy atom. The molecule has 0 N–H and O–H groups in total. The molecule has 0 aliphatic rings. The summed E-state index contributed by atoms with van der Waals surface area (Å²) in [7, 11) is 1.65. The molecule has 124 valence electrons. The van der Waals surface area contributed by atoms with Crippen LogP contribution in [0.5, 0.6) is 5.75 Å². The highest BCUT2D eigenvalue weighted by Gasteiger charge is 2.12. The Bertz CT molecular complexity index is 1050. The number of benzene rings is 1. The number of fused-ring (bicyclic) bond motifs is 1. The van der Waals surface area contributed by atoms with Crippen LogP contribution in [0.15, 0.2) is 59.3 Å². The zero-order valence-corrected chi connectivity index (χ0v) is 14.0. The van der Waals surface area contributed by atoms with Crippen LogP contribution in [0.2, 0.25) is 0 Å². The van der Waals surface area contributed by atoms with E-state index in [2.05, 4.69) is 4.98 Å². The van der Waals surface area contributed by atoms with Crippen LogP contribution in [0.1, 0.15) is 17.1 Å². The van der Waals surface area contributed by atoms with E-state index in [-0.39, 0.29) is 0 Å². The van der Waals surface area contributed by atoms with Crippen LogP contribution in [0, 0.1) is 6.92 Å². The molecule has 0 unspecified atom stereocenters. The Kier molecular flexibility index (Phi) is 3.82. The molecule has 0 radical (unpaired) electrons. The van der Waals surface area contributed by atoms with Crippen LogP contribution in [-0.2, 0) is 0 Å². The molecule has 3 aromatic heterocycles. The van der Waals surface area contributed by atoms with E-state index in [9.17, 15) is 0 Å². The Morgan fingerprint density at radius 1 is 1.12 bits per heavy atom. The number of imidazole rings is 1. The Labute approximate surface area is 145 Å². The van der Waals surface area contributed by atoms with Crippen molar-refractivity contribution in [3.8, 4) is 11.6 Å². The minimum absolute atomic E-state index is 0.777. The second-order valence-electron chi connectivity index (χ2n) is 5.61. The largest absolute Gasteiger partial charge is 0.497 e. The molecule has 0 saturated carbocycles. The quantitative estimate of drug-likeness (QED) is 0.552. The lowest BCUT2D eigenvalue weighted by Gasteiger charge is -2.06. The lowest BCUT2D eigenvalue weighted by Crippen LogP contribution is -1.99. The van der Waals surface area contributed by atoms with E-state index in [1.54, 1.807) is 19.6 Å². The van der Waals surface area contributed by atoms with E-state index in [0.29, 0.717) is 0 Å². The van der Waals surface area contributed by atoms with Crippen LogP contribution in [-0.4, -0.2) is 21.6 Å². The summed E-state index contributed by atoms with van der Waals surface area (Å²) in [5.41, 5.74) is 2.86. The maximum absolute atomic E-state index is 5.35. The maximum atomic E-state index is 5.35. The molecule has 0 amide bonds. The number of aromatic nitrogens is 3. The van der Waals surface area contributed by atoms with Crippen molar-refractivity contribution in [1.29, 1.82) is 0 Å². The van der Waals surface area contributed by atoms with E-state index >= 15 is 0 Å². The standard InChI is InChI=1S/C20H17N3O2/c1-14-15(10-12-25-14)6-9-20-22-17-13-16(24-2)7-8-18(17)23(20)19-5-3-4-11-21-19/h3-13H,1-2H3. The van der Waals surface area contributed by atoms with Crippen molar-refractivity contribution in [2.75, 3.05) is 7.11 Å². The molecule has 0 spiro atoms. The van der Waals surface area contributed by atoms with Gasteiger partial charge in [0.2, 0.25) is 0 Å². The monoisotopic (exact) mass is 331 g/mol. The fourth-order valence-corrected chi connectivity index (χ4v) is 2.78. The predicted molar refractivity (Wildman–Crippen MR) is 97.8 cm³/mol. The molecule has 3 heterocycles. The molecule has 0 saturated heterocycles. The molecule has 0 aliphatic carbocycles. The van der Waals surface area contributed by atoms with Gasteiger partial charge in [-0.15, -0.1) is 0 Å². The summed E-state index contributed by atoms with van der Waals surface area (Å²) < 4.78 is 12.7. The van der Waals surface area contributed by atoms with E-state index in [1.165, 1.54) is 0 Å². The van der Waals surface area contributed by atoms with Crippen molar-refractivity contribution >= 4 is 23.2 Å². The number of pyridine rings is 1. The fraction of sp³-hybridized carbons (Fsp3) is 0.100. The summed E-state index contributed by atoms with van der Waals surface area (Å²) in [6.07, 6.45) is 7.43. The van der Waals surface area contributed by atoms with Crippen LogP contribution < -0.4 is 4.74 Å². The van der Waals surface area contributed by atoms with Gasteiger partial charge in [-0.05, 0) is 49.4 Å². The van der Waals surface area contributed by atoms with Gasteiger partial charge in [-0.25, -0.2) is 9.97 Å². The summed E-state index contributed by atoms with van der Waals surface area (Å²) in [5.74, 6) is 3.26. The molecule has 4 rings (SSSR count). The van der Waals surface area contributed by atoms with Gasteiger partial charge in [-0.3, -0.25) is 4.57 Å². The van der Waals surface area contributed by atoms with Crippen molar-refractivity contribution < 1.29 is 9.15 Å². The number of hydrogen-bond acceptors (Lipinski definition) is 4. The maximum Gasteiger partial charge on any atom is 0.139 e. The van der Waals surface area contributed by atoms with Gasteiger partial charge >= 0.3 is 0 Å². The van der Waals surface area contributed by atoms with E-state index in [0.717, 1.165) is 39.7 Å². The molecule has 0 atom stereocenters. The zero-order chi connectivity index (χ0) is 17.2. The third-order valence-corrected chi connectivity index (χ3v) is 4.08. The highest BCUT2D eigenvalue weighted by atomic mass is 16.5. The average molecular weight is 331 g/mol. The number of furan rings is 1. The molecular weight excluding hydrogens is 314 g/mol. The smallest absolute Gasteiger partial charge is 0.139 e. The van der Waals surface area contributed by atoms with E-state index < -0.39 is 0 Å². The first-order valence-electron chi connectivity index (χ1n) is 7.96. The van der Waals surface area contributed by atoms with Crippen molar-refractivity contribution in [1.82, 2.24) is 14.5 Å². The SMILES string of the molecule is COc1ccc2c(c1)nc(C=Cc1ccoc1C)n2-c1ccccn1. The summed E-state index contributed by atoms with van der Waals surface area (Å²) in [4.78, 5) is 9.23. The van der Waals surface area contributed by atoms with Gasteiger partial charge in [0.15, 0.2) is 0 Å². The summed E-state index contributed by atoms with van der Waals surface area (Å²) >= 11 is 0. The van der Waals surface area contributed by atoms with Gasteiger partial charge in [0.05, 0.1) is 24.4 Å². The number of rotatable bonds is 4. The summed E-state index contributed by atoms with van der Waals surface area (Å²) in [6.45, 7) is 1.94. The predicted octanol–water partition coefficient (Wildman–Crippen LogP) is 4.50. The van der Waals surface area contributed by atoms with Gasteiger partial charge in [0, 0.05) is 17.8 Å². The third kappa shape index (κ3) is 2.80. The number of methoxy groups -OCH3 is 1. The number of nitrogens with zero attached hydrogens (tertiary/aromatic N) is 3. The topological polar surface area (TPSA) is 53.1 Å². The normalized spacial score (nSPS) is 11.4.